The molecule has 0 bridgehead atoms. The molecule has 0 atom stereocenters. The fourth-order valence-corrected chi connectivity index (χ4v) is 3.92. The van der Waals surface area contributed by atoms with Crippen molar-refractivity contribution in [2.45, 2.75) is 39.0 Å². The third-order valence-electron chi connectivity index (χ3n) is 5.25. The number of fused-ring (bicyclic) bond motifs is 3. The van der Waals surface area contributed by atoms with E-state index in [1.54, 1.807) is 4.57 Å². The number of hydrogen-bond acceptors (Lipinski definition) is 2. The molecule has 0 saturated carbocycles. The number of benzene rings is 2. The normalized spacial score (nSPS) is 12.5. The number of hydrogen-bond donors (Lipinski definition) is 1. The van der Waals surface area contributed by atoms with Crippen molar-refractivity contribution >= 4 is 0 Å². The summed E-state index contributed by atoms with van der Waals surface area (Å²) in [5.74, 6) is 0.208. The standard InChI is InChI=1S/C23H23NO2/c1-2-3-12-20-22(25)19-15-14-16-9-7-8-13-18(16)21(19)24(23(20)26)17-10-5-4-6-11-17/h4-11,13,25H,2-3,12,14-15H2,1H3. The summed E-state index contributed by atoms with van der Waals surface area (Å²) in [6.07, 6.45) is 4.14. The molecule has 132 valence electrons. The number of pyridine rings is 1. The van der Waals surface area contributed by atoms with Crippen LogP contribution in [0.25, 0.3) is 16.9 Å². The lowest BCUT2D eigenvalue weighted by Gasteiger charge is -2.26. The monoisotopic (exact) mass is 345 g/mol. The molecule has 3 heteroatoms. The van der Waals surface area contributed by atoms with Gasteiger partial charge in [0.2, 0.25) is 0 Å². The van der Waals surface area contributed by atoms with E-state index in [0.29, 0.717) is 12.0 Å². The summed E-state index contributed by atoms with van der Waals surface area (Å²) >= 11 is 0. The van der Waals surface area contributed by atoms with Crippen LogP contribution in [0.2, 0.25) is 0 Å². The topological polar surface area (TPSA) is 42.2 Å². The first kappa shape index (κ1) is 16.6. The molecule has 0 saturated heterocycles. The van der Waals surface area contributed by atoms with Crippen LogP contribution < -0.4 is 5.56 Å². The lowest BCUT2D eigenvalue weighted by Crippen LogP contribution is -2.27. The SMILES string of the molecule is CCCCc1c(O)c2c(n(-c3ccccc3)c1=O)-c1ccccc1CC2. The molecule has 0 spiro atoms. The lowest BCUT2D eigenvalue weighted by atomic mass is 9.86. The van der Waals surface area contributed by atoms with Gasteiger partial charge < -0.3 is 5.11 Å². The van der Waals surface area contributed by atoms with Gasteiger partial charge in [0.1, 0.15) is 5.75 Å². The molecule has 1 heterocycles. The molecule has 3 aromatic rings. The molecule has 0 fully saturated rings. The smallest absolute Gasteiger partial charge is 0.262 e. The van der Waals surface area contributed by atoms with Crippen LogP contribution in [0.5, 0.6) is 5.75 Å². The molecule has 0 amide bonds. The molecule has 1 N–H and O–H groups in total. The zero-order valence-corrected chi connectivity index (χ0v) is 15.0. The first-order valence-corrected chi connectivity index (χ1v) is 9.35. The molecule has 0 radical (unpaired) electrons. The van der Waals surface area contributed by atoms with Gasteiger partial charge in [-0.2, -0.15) is 0 Å². The molecular weight excluding hydrogens is 322 g/mol. The van der Waals surface area contributed by atoms with Crippen LogP contribution in [0.15, 0.2) is 59.4 Å². The zero-order valence-electron chi connectivity index (χ0n) is 15.0. The second kappa shape index (κ2) is 6.83. The quantitative estimate of drug-likeness (QED) is 0.748. The number of rotatable bonds is 4. The van der Waals surface area contributed by atoms with E-state index in [4.69, 9.17) is 0 Å². The van der Waals surface area contributed by atoms with Gasteiger partial charge in [-0.1, -0.05) is 55.8 Å². The average molecular weight is 345 g/mol. The Morgan fingerprint density at radius 2 is 1.73 bits per heavy atom. The molecule has 2 aromatic carbocycles. The minimum Gasteiger partial charge on any atom is -0.507 e. The molecule has 0 unspecified atom stereocenters. The molecule has 26 heavy (non-hydrogen) atoms. The first-order chi connectivity index (χ1) is 12.7. The minimum absolute atomic E-state index is 0.0994. The Labute approximate surface area is 153 Å². The van der Waals surface area contributed by atoms with E-state index < -0.39 is 0 Å². The Hall–Kier alpha value is -2.81. The van der Waals surface area contributed by atoms with Crippen molar-refractivity contribution in [1.29, 1.82) is 0 Å². The van der Waals surface area contributed by atoms with Crippen molar-refractivity contribution in [1.82, 2.24) is 4.57 Å². The number of aromatic nitrogens is 1. The Morgan fingerprint density at radius 1 is 1.00 bits per heavy atom. The van der Waals surface area contributed by atoms with Gasteiger partial charge in [0, 0.05) is 16.8 Å². The van der Waals surface area contributed by atoms with Crippen molar-refractivity contribution in [3.8, 4) is 22.7 Å². The maximum absolute atomic E-state index is 13.4. The van der Waals surface area contributed by atoms with Gasteiger partial charge in [-0.05, 0) is 43.4 Å². The summed E-state index contributed by atoms with van der Waals surface area (Å²) in [5.41, 5.74) is 5.32. The molecule has 3 nitrogen and oxygen atoms in total. The Kier molecular flexibility index (Phi) is 4.37. The van der Waals surface area contributed by atoms with Gasteiger partial charge in [0.15, 0.2) is 0 Å². The largest absolute Gasteiger partial charge is 0.507 e. The number of unbranched alkanes of at least 4 members (excludes halogenated alkanes) is 1. The van der Waals surface area contributed by atoms with Gasteiger partial charge in [0.05, 0.1) is 11.3 Å². The van der Waals surface area contributed by atoms with Gasteiger partial charge >= 0.3 is 0 Å². The van der Waals surface area contributed by atoms with Crippen LogP contribution in [-0.4, -0.2) is 9.67 Å². The van der Waals surface area contributed by atoms with Crippen LogP contribution in [-0.2, 0) is 19.3 Å². The molecule has 4 rings (SSSR count). The van der Waals surface area contributed by atoms with E-state index in [0.717, 1.165) is 48.2 Å². The molecule has 1 aromatic heterocycles. The van der Waals surface area contributed by atoms with Crippen LogP contribution in [0.1, 0.15) is 36.5 Å². The predicted molar refractivity (Wildman–Crippen MR) is 105 cm³/mol. The molecule has 0 aliphatic heterocycles. The minimum atomic E-state index is -0.0994. The summed E-state index contributed by atoms with van der Waals surface area (Å²) in [4.78, 5) is 13.4. The summed E-state index contributed by atoms with van der Waals surface area (Å²) in [7, 11) is 0. The highest BCUT2D eigenvalue weighted by molar-refractivity contribution is 5.74. The Morgan fingerprint density at radius 3 is 2.50 bits per heavy atom. The van der Waals surface area contributed by atoms with E-state index in [-0.39, 0.29) is 11.3 Å². The highest BCUT2D eigenvalue weighted by Crippen LogP contribution is 2.39. The third-order valence-corrected chi connectivity index (χ3v) is 5.25. The summed E-state index contributed by atoms with van der Waals surface area (Å²) < 4.78 is 1.80. The van der Waals surface area contributed by atoms with Crippen molar-refractivity contribution < 1.29 is 5.11 Å². The summed E-state index contributed by atoms with van der Waals surface area (Å²) in [6.45, 7) is 2.10. The fourth-order valence-electron chi connectivity index (χ4n) is 3.92. The van der Waals surface area contributed by atoms with Gasteiger partial charge in [-0.15, -0.1) is 0 Å². The van der Waals surface area contributed by atoms with Crippen molar-refractivity contribution in [3.05, 3.63) is 81.6 Å². The molecule has 1 aliphatic carbocycles. The maximum Gasteiger partial charge on any atom is 0.262 e. The number of aromatic hydroxyl groups is 1. The predicted octanol–water partition coefficient (Wildman–Crippen LogP) is 4.65. The van der Waals surface area contributed by atoms with Crippen LogP contribution in [0.4, 0.5) is 0 Å². The summed E-state index contributed by atoms with van der Waals surface area (Å²) in [5, 5.41) is 10.9. The Bertz CT molecular complexity index is 1000. The van der Waals surface area contributed by atoms with E-state index >= 15 is 0 Å². The van der Waals surface area contributed by atoms with Crippen LogP contribution >= 0.6 is 0 Å². The van der Waals surface area contributed by atoms with Crippen LogP contribution in [0.3, 0.4) is 0 Å². The van der Waals surface area contributed by atoms with Crippen molar-refractivity contribution in [3.63, 3.8) is 0 Å². The third kappa shape index (κ3) is 2.64. The highest BCUT2D eigenvalue weighted by atomic mass is 16.3. The van der Waals surface area contributed by atoms with Gasteiger partial charge in [0.25, 0.3) is 5.56 Å². The second-order valence-electron chi connectivity index (χ2n) is 6.89. The zero-order chi connectivity index (χ0) is 18.1. The molecular formula is C23H23NO2. The Balaban J connectivity index is 2.08. The van der Waals surface area contributed by atoms with Crippen molar-refractivity contribution in [2.24, 2.45) is 0 Å². The highest BCUT2D eigenvalue weighted by Gasteiger charge is 2.27. The van der Waals surface area contributed by atoms with E-state index in [2.05, 4.69) is 19.1 Å². The number of nitrogens with zero attached hydrogens (tertiary/aromatic N) is 1. The second-order valence-corrected chi connectivity index (χ2v) is 6.89. The first-order valence-electron chi connectivity index (χ1n) is 9.35. The fraction of sp³-hybridized carbons (Fsp3) is 0.261. The average Bonchev–Trinajstić information content (AvgIpc) is 2.68. The lowest BCUT2D eigenvalue weighted by molar-refractivity contribution is 0.455. The van der Waals surface area contributed by atoms with Crippen LogP contribution in [0, 0.1) is 0 Å². The van der Waals surface area contributed by atoms with Crippen molar-refractivity contribution in [2.75, 3.05) is 0 Å². The maximum atomic E-state index is 13.4. The number of para-hydroxylation sites is 1. The van der Waals surface area contributed by atoms with E-state index in [9.17, 15) is 9.90 Å². The van der Waals surface area contributed by atoms with Gasteiger partial charge in [-0.3, -0.25) is 9.36 Å². The van der Waals surface area contributed by atoms with E-state index in [1.807, 2.05) is 42.5 Å². The van der Waals surface area contributed by atoms with E-state index in [1.165, 1.54) is 5.56 Å². The molecule has 1 aliphatic rings. The summed E-state index contributed by atoms with van der Waals surface area (Å²) in [6, 6.07) is 18.0. The number of aryl methyl sites for hydroxylation is 1. The van der Waals surface area contributed by atoms with Gasteiger partial charge in [-0.25, -0.2) is 0 Å².